The Bertz CT molecular complexity index is 504. The van der Waals surface area contributed by atoms with Crippen molar-refractivity contribution in [3.63, 3.8) is 0 Å². The van der Waals surface area contributed by atoms with Gasteiger partial charge in [-0.05, 0) is 24.6 Å². The van der Waals surface area contributed by atoms with Gasteiger partial charge in [-0.15, -0.1) is 0 Å². The first-order valence-corrected chi connectivity index (χ1v) is 4.64. The Hall–Kier alpha value is -1.55. The van der Waals surface area contributed by atoms with Crippen LogP contribution in [0, 0.1) is 11.6 Å². The average Bonchev–Trinajstić information content (AvgIpc) is 2.18. The van der Waals surface area contributed by atoms with E-state index in [4.69, 9.17) is 12.2 Å². The number of hydrogen-bond acceptors (Lipinski definition) is 3. The first-order valence-electron chi connectivity index (χ1n) is 4.23. The third-order valence-corrected chi connectivity index (χ3v) is 2.23. The van der Waals surface area contributed by atoms with Gasteiger partial charge >= 0.3 is 0 Å². The highest BCUT2D eigenvalue weighted by atomic mass is 32.1. The van der Waals surface area contributed by atoms with E-state index >= 15 is 0 Å². The number of nitrogens with one attached hydrogen (secondary N) is 1. The molecule has 0 aliphatic heterocycles. The highest BCUT2D eigenvalue weighted by Gasteiger charge is 2.00. The van der Waals surface area contributed by atoms with E-state index in [0.717, 1.165) is 16.8 Å². The van der Waals surface area contributed by atoms with Gasteiger partial charge in [-0.2, -0.15) is 0 Å². The standard InChI is InChI=1S/C10H9N3S/c1-7-2-3-11-5-8(7)9-4-10(14)13-6-12-9/h2-6H,1H3,(H,12,13,14). The van der Waals surface area contributed by atoms with Crippen LogP contribution in [-0.4, -0.2) is 15.0 Å². The van der Waals surface area contributed by atoms with E-state index in [0.29, 0.717) is 4.64 Å². The molecule has 0 atom stereocenters. The van der Waals surface area contributed by atoms with E-state index in [1.165, 1.54) is 0 Å². The molecule has 0 aliphatic carbocycles. The van der Waals surface area contributed by atoms with Crippen LogP contribution in [0.3, 0.4) is 0 Å². The Kier molecular flexibility index (Phi) is 2.37. The molecule has 0 unspecified atom stereocenters. The first kappa shape index (κ1) is 9.02. The molecule has 0 aromatic carbocycles. The molecule has 3 nitrogen and oxygen atoms in total. The lowest BCUT2D eigenvalue weighted by Gasteiger charge is -2.03. The van der Waals surface area contributed by atoms with Crippen LogP contribution in [-0.2, 0) is 0 Å². The average molecular weight is 203 g/mol. The lowest BCUT2D eigenvalue weighted by Crippen LogP contribution is -1.89. The van der Waals surface area contributed by atoms with Crippen molar-refractivity contribution in [3.05, 3.63) is 41.1 Å². The monoisotopic (exact) mass is 203 g/mol. The summed E-state index contributed by atoms with van der Waals surface area (Å²) in [6, 6.07) is 3.80. The molecular formula is C10H9N3S. The fraction of sp³-hybridized carbons (Fsp3) is 0.100. The van der Waals surface area contributed by atoms with E-state index in [1.54, 1.807) is 12.5 Å². The lowest BCUT2D eigenvalue weighted by atomic mass is 10.1. The van der Waals surface area contributed by atoms with Crippen molar-refractivity contribution in [2.24, 2.45) is 0 Å². The molecule has 0 bridgehead atoms. The van der Waals surface area contributed by atoms with Gasteiger partial charge in [0, 0.05) is 18.0 Å². The highest BCUT2D eigenvalue weighted by Crippen LogP contribution is 2.18. The molecule has 0 saturated carbocycles. The van der Waals surface area contributed by atoms with Crippen molar-refractivity contribution in [1.82, 2.24) is 15.0 Å². The summed E-state index contributed by atoms with van der Waals surface area (Å²) in [6.45, 7) is 2.04. The maximum Gasteiger partial charge on any atom is 0.130 e. The Labute approximate surface area is 86.9 Å². The maximum atomic E-state index is 4.99. The third kappa shape index (κ3) is 1.70. The second-order valence-electron chi connectivity index (χ2n) is 2.99. The molecule has 0 amide bonds. The van der Waals surface area contributed by atoms with Crippen LogP contribution in [0.25, 0.3) is 11.3 Å². The van der Waals surface area contributed by atoms with Gasteiger partial charge in [-0.25, -0.2) is 4.98 Å². The predicted octanol–water partition coefficient (Wildman–Crippen LogP) is 2.51. The summed E-state index contributed by atoms with van der Waals surface area (Å²) in [5, 5.41) is 0. The van der Waals surface area contributed by atoms with Crippen molar-refractivity contribution in [3.8, 4) is 11.3 Å². The van der Waals surface area contributed by atoms with Crippen molar-refractivity contribution < 1.29 is 0 Å². The van der Waals surface area contributed by atoms with Gasteiger partial charge in [0.05, 0.1) is 12.0 Å². The zero-order valence-electron chi connectivity index (χ0n) is 7.69. The minimum absolute atomic E-state index is 0.585. The number of pyridine rings is 1. The van der Waals surface area contributed by atoms with Crippen LogP contribution in [0.2, 0.25) is 0 Å². The Morgan fingerprint density at radius 2 is 2.29 bits per heavy atom. The molecule has 2 heterocycles. The molecule has 1 N–H and O–H groups in total. The molecular weight excluding hydrogens is 194 g/mol. The minimum atomic E-state index is 0.585. The molecule has 70 valence electrons. The fourth-order valence-electron chi connectivity index (χ4n) is 1.27. The molecule has 0 aliphatic rings. The molecule has 14 heavy (non-hydrogen) atoms. The molecule has 0 fully saturated rings. The van der Waals surface area contributed by atoms with E-state index in [9.17, 15) is 0 Å². The Morgan fingerprint density at radius 3 is 3.00 bits per heavy atom. The molecule has 0 radical (unpaired) electrons. The second kappa shape index (κ2) is 3.67. The molecule has 0 spiro atoms. The summed E-state index contributed by atoms with van der Waals surface area (Å²) in [6.07, 6.45) is 5.19. The first-order chi connectivity index (χ1) is 6.77. The number of H-pyrrole nitrogens is 1. The predicted molar refractivity (Wildman–Crippen MR) is 57.4 cm³/mol. The van der Waals surface area contributed by atoms with Crippen LogP contribution < -0.4 is 0 Å². The van der Waals surface area contributed by atoms with Crippen molar-refractivity contribution in [1.29, 1.82) is 0 Å². The molecule has 2 rings (SSSR count). The van der Waals surface area contributed by atoms with Crippen LogP contribution >= 0.6 is 12.2 Å². The van der Waals surface area contributed by atoms with Gasteiger partial charge in [-0.3, -0.25) is 4.98 Å². The lowest BCUT2D eigenvalue weighted by molar-refractivity contribution is 1.14. The van der Waals surface area contributed by atoms with Gasteiger partial charge in [0.1, 0.15) is 4.64 Å². The summed E-state index contributed by atoms with van der Waals surface area (Å²) in [4.78, 5) is 11.1. The number of hydrogen-bond donors (Lipinski definition) is 1. The quantitative estimate of drug-likeness (QED) is 0.724. The normalized spacial score (nSPS) is 10.1. The van der Waals surface area contributed by atoms with Crippen molar-refractivity contribution >= 4 is 12.2 Å². The van der Waals surface area contributed by atoms with Gasteiger partial charge in [-0.1, -0.05) is 12.2 Å². The summed E-state index contributed by atoms with van der Waals surface area (Å²) in [5.74, 6) is 0. The third-order valence-electron chi connectivity index (χ3n) is 2.01. The summed E-state index contributed by atoms with van der Waals surface area (Å²) >= 11 is 4.99. The Balaban J connectivity index is 2.61. The fourth-order valence-corrected chi connectivity index (χ4v) is 1.44. The van der Waals surface area contributed by atoms with Crippen LogP contribution in [0.4, 0.5) is 0 Å². The van der Waals surface area contributed by atoms with Gasteiger partial charge in [0.15, 0.2) is 0 Å². The van der Waals surface area contributed by atoms with Crippen molar-refractivity contribution in [2.45, 2.75) is 6.92 Å². The van der Waals surface area contributed by atoms with E-state index in [1.807, 2.05) is 25.3 Å². The van der Waals surface area contributed by atoms with Gasteiger partial charge < -0.3 is 4.98 Å². The SMILES string of the molecule is Cc1ccncc1-c1cc(=S)nc[nH]1. The second-order valence-corrected chi connectivity index (χ2v) is 3.41. The Morgan fingerprint density at radius 1 is 1.43 bits per heavy atom. The van der Waals surface area contributed by atoms with E-state index in [2.05, 4.69) is 15.0 Å². The molecule has 2 aromatic rings. The topological polar surface area (TPSA) is 41.6 Å². The van der Waals surface area contributed by atoms with Crippen LogP contribution in [0.5, 0.6) is 0 Å². The van der Waals surface area contributed by atoms with Crippen molar-refractivity contribution in [2.75, 3.05) is 0 Å². The summed E-state index contributed by atoms with van der Waals surface area (Å²) in [5.41, 5.74) is 3.17. The number of aryl methyl sites for hydroxylation is 1. The molecule has 4 heteroatoms. The van der Waals surface area contributed by atoms with Crippen LogP contribution in [0.15, 0.2) is 30.9 Å². The summed E-state index contributed by atoms with van der Waals surface area (Å²) < 4.78 is 0.585. The maximum absolute atomic E-state index is 4.99. The van der Waals surface area contributed by atoms with E-state index < -0.39 is 0 Å². The van der Waals surface area contributed by atoms with E-state index in [-0.39, 0.29) is 0 Å². The highest BCUT2D eigenvalue weighted by molar-refractivity contribution is 7.71. The number of aromatic amines is 1. The summed E-state index contributed by atoms with van der Waals surface area (Å²) in [7, 11) is 0. The molecule has 0 saturated heterocycles. The minimum Gasteiger partial charge on any atom is -0.346 e. The number of nitrogens with zero attached hydrogens (tertiary/aromatic N) is 2. The zero-order valence-corrected chi connectivity index (χ0v) is 8.51. The van der Waals surface area contributed by atoms with Crippen LogP contribution in [0.1, 0.15) is 5.56 Å². The number of rotatable bonds is 1. The molecule has 2 aromatic heterocycles. The number of aromatic nitrogens is 3. The smallest absolute Gasteiger partial charge is 0.130 e. The zero-order chi connectivity index (χ0) is 9.97. The largest absolute Gasteiger partial charge is 0.346 e. The van der Waals surface area contributed by atoms with Gasteiger partial charge in [0.2, 0.25) is 0 Å². The van der Waals surface area contributed by atoms with Gasteiger partial charge in [0.25, 0.3) is 0 Å².